The zero-order valence-electron chi connectivity index (χ0n) is 35.3. The van der Waals surface area contributed by atoms with Crippen LogP contribution in [0, 0.1) is 0 Å². The number of aliphatic hydroxyl groups is 2. The summed E-state index contributed by atoms with van der Waals surface area (Å²) in [5, 5.41) is 68.6. The molecule has 3 aromatic carbocycles. The number of ether oxygens (including phenoxy) is 2. The Morgan fingerprint density at radius 1 is 0.538 bits per heavy atom. The standard InChI is InChI=1S/C33H36N2O3S.2C6H8O7/c36-32(25-9-13-27(14-10-25)37-23-21-34-17-3-4-18-34)31-29-7-1-2-8-30(29)39-33(31)26-11-15-28(16-12-26)38-24-22-35-19-5-6-20-35;2*7-3(8)1-6(13,5(11)12)2-4(9)10/h1-2,7-16H,3-6,17-24H2;2*13H,1-2H2,(H,7,8)(H,9,10)(H,11,12). The van der Waals surface area contributed by atoms with Gasteiger partial charge in [0, 0.05) is 39.2 Å². The van der Waals surface area contributed by atoms with Crippen LogP contribution < -0.4 is 9.47 Å². The molecule has 0 unspecified atom stereocenters. The maximum atomic E-state index is 13.9. The van der Waals surface area contributed by atoms with Gasteiger partial charge in [-0.3, -0.25) is 33.8 Å². The Labute approximate surface area is 376 Å². The lowest BCUT2D eigenvalue weighted by Gasteiger charge is -2.18. The molecule has 0 saturated carbocycles. The lowest BCUT2D eigenvalue weighted by atomic mass is 9.96. The fourth-order valence-corrected chi connectivity index (χ4v) is 8.25. The average Bonchev–Trinajstić information content (AvgIpc) is 4.03. The molecule has 19 nitrogen and oxygen atoms in total. The number of hydrogen-bond acceptors (Lipinski definition) is 14. The largest absolute Gasteiger partial charge is 0.492 e. The van der Waals surface area contributed by atoms with Crippen molar-refractivity contribution in [3.05, 3.63) is 83.9 Å². The van der Waals surface area contributed by atoms with Gasteiger partial charge in [-0.05, 0) is 112 Å². The van der Waals surface area contributed by atoms with Crippen LogP contribution in [0.4, 0.5) is 0 Å². The highest BCUT2D eigenvalue weighted by Gasteiger charge is 2.41. The van der Waals surface area contributed by atoms with E-state index in [0.717, 1.165) is 50.7 Å². The molecule has 1 aromatic heterocycles. The van der Waals surface area contributed by atoms with Crippen molar-refractivity contribution in [1.82, 2.24) is 9.80 Å². The summed E-state index contributed by atoms with van der Waals surface area (Å²) in [4.78, 5) is 80.7. The van der Waals surface area contributed by atoms with Gasteiger partial charge in [0.1, 0.15) is 24.7 Å². The maximum absolute atomic E-state index is 13.9. The molecule has 3 heterocycles. The SMILES string of the molecule is O=C(O)CC(O)(CC(=O)O)C(=O)O.O=C(O)CC(O)(CC(=O)O)C(=O)O.O=C(c1ccc(OCCN2CCCC2)cc1)c1c(-c2ccc(OCCN3CCCC3)cc2)sc2ccccc12. The Bertz CT molecular complexity index is 2200. The molecule has 0 spiro atoms. The minimum atomic E-state index is -2.74. The van der Waals surface area contributed by atoms with Gasteiger partial charge in [0.05, 0.1) is 25.7 Å². The second-order valence-electron chi connectivity index (χ2n) is 15.4. The van der Waals surface area contributed by atoms with Gasteiger partial charge in [-0.25, -0.2) is 9.59 Å². The lowest BCUT2D eigenvalue weighted by Crippen LogP contribution is -2.42. The predicted molar refractivity (Wildman–Crippen MR) is 234 cm³/mol. The van der Waals surface area contributed by atoms with E-state index in [0.29, 0.717) is 18.8 Å². The summed E-state index contributed by atoms with van der Waals surface area (Å²) in [7, 11) is 0. The van der Waals surface area contributed by atoms with E-state index in [4.69, 9.17) is 50.3 Å². The highest BCUT2D eigenvalue weighted by Crippen LogP contribution is 2.40. The number of rotatable bonds is 21. The van der Waals surface area contributed by atoms with E-state index in [1.165, 1.54) is 51.9 Å². The molecule has 2 aliphatic heterocycles. The van der Waals surface area contributed by atoms with Crippen molar-refractivity contribution in [2.75, 3.05) is 52.5 Å². The topological polar surface area (TPSA) is 306 Å². The predicted octanol–water partition coefficient (Wildman–Crippen LogP) is 4.25. The second kappa shape index (κ2) is 24.0. The number of likely N-dealkylation sites (tertiary alicyclic amines) is 2. The molecular formula is C45H52N2O17S. The molecule has 6 rings (SSSR count). The molecule has 2 aliphatic rings. The van der Waals surface area contributed by atoms with Crippen molar-refractivity contribution in [3.63, 3.8) is 0 Å². The first-order valence-electron chi connectivity index (χ1n) is 20.6. The number of nitrogens with zero attached hydrogens (tertiary/aromatic N) is 2. The highest BCUT2D eigenvalue weighted by atomic mass is 32.1. The average molecular weight is 925 g/mol. The Morgan fingerprint density at radius 3 is 1.31 bits per heavy atom. The Balaban J connectivity index is 0.000000293. The summed E-state index contributed by atoms with van der Waals surface area (Å²) in [5.74, 6) is -8.32. The molecular weight excluding hydrogens is 873 g/mol. The van der Waals surface area contributed by atoms with Crippen LogP contribution in [0.5, 0.6) is 11.5 Å². The van der Waals surface area contributed by atoms with Gasteiger partial charge in [0.2, 0.25) is 0 Å². The van der Waals surface area contributed by atoms with Gasteiger partial charge in [-0.1, -0.05) is 18.2 Å². The van der Waals surface area contributed by atoms with Crippen molar-refractivity contribution in [3.8, 4) is 21.9 Å². The summed E-state index contributed by atoms with van der Waals surface area (Å²) in [6.07, 6.45) is 0.579. The van der Waals surface area contributed by atoms with E-state index in [1.54, 1.807) is 11.3 Å². The van der Waals surface area contributed by atoms with Gasteiger partial charge in [0.15, 0.2) is 17.0 Å². The van der Waals surface area contributed by atoms with E-state index < -0.39 is 72.7 Å². The summed E-state index contributed by atoms with van der Waals surface area (Å²) < 4.78 is 13.1. The first kappa shape index (κ1) is 51.2. The number of benzene rings is 3. The minimum absolute atomic E-state index is 0.0389. The molecule has 8 N–H and O–H groups in total. The van der Waals surface area contributed by atoms with Gasteiger partial charge in [-0.2, -0.15) is 0 Å². The van der Waals surface area contributed by atoms with Crippen molar-refractivity contribution >= 4 is 63.0 Å². The number of carboxylic acid groups (broad SMARTS) is 6. The quantitative estimate of drug-likeness (QED) is 0.0542. The summed E-state index contributed by atoms with van der Waals surface area (Å²) in [6.45, 7) is 7.99. The first-order valence-corrected chi connectivity index (χ1v) is 21.4. The fourth-order valence-electron chi connectivity index (χ4n) is 7.05. The molecule has 350 valence electrons. The van der Waals surface area contributed by atoms with Crippen LogP contribution in [-0.2, 0) is 28.8 Å². The smallest absolute Gasteiger partial charge is 0.336 e. The van der Waals surface area contributed by atoms with Crippen LogP contribution in [0.3, 0.4) is 0 Å². The lowest BCUT2D eigenvalue weighted by molar-refractivity contribution is -0.170. The van der Waals surface area contributed by atoms with Gasteiger partial charge in [-0.15, -0.1) is 11.3 Å². The van der Waals surface area contributed by atoms with Crippen molar-refractivity contribution in [2.45, 2.75) is 62.6 Å². The second-order valence-corrected chi connectivity index (χ2v) is 16.5. The van der Waals surface area contributed by atoms with E-state index in [9.17, 15) is 33.6 Å². The maximum Gasteiger partial charge on any atom is 0.336 e. The molecule has 2 saturated heterocycles. The molecule has 20 heteroatoms. The molecule has 0 amide bonds. The summed E-state index contributed by atoms with van der Waals surface area (Å²) in [5.41, 5.74) is -3.00. The Kier molecular flexibility index (Phi) is 18.9. The van der Waals surface area contributed by atoms with Crippen LogP contribution in [0.15, 0.2) is 72.8 Å². The van der Waals surface area contributed by atoms with E-state index in [2.05, 4.69) is 28.0 Å². The van der Waals surface area contributed by atoms with Gasteiger partial charge >= 0.3 is 35.8 Å². The van der Waals surface area contributed by atoms with Crippen molar-refractivity contribution in [2.24, 2.45) is 0 Å². The summed E-state index contributed by atoms with van der Waals surface area (Å²) in [6, 6.07) is 24.0. The van der Waals surface area contributed by atoms with Gasteiger partial charge in [0.25, 0.3) is 0 Å². The minimum Gasteiger partial charge on any atom is -0.492 e. The number of fused-ring (bicyclic) bond motifs is 1. The van der Waals surface area contributed by atoms with Crippen LogP contribution >= 0.6 is 11.3 Å². The van der Waals surface area contributed by atoms with Crippen LogP contribution in [0.1, 0.15) is 67.3 Å². The van der Waals surface area contributed by atoms with E-state index >= 15 is 0 Å². The normalized spacial score (nSPS) is 14.1. The third kappa shape index (κ3) is 15.6. The summed E-state index contributed by atoms with van der Waals surface area (Å²) >= 11 is 1.67. The third-order valence-electron chi connectivity index (χ3n) is 10.4. The van der Waals surface area contributed by atoms with Gasteiger partial charge < -0.3 is 50.3 Å². The number of aliphatic carboxylic acids is 6. The number of carbonyl (C=O) groups excluding carboxylic acids is 1. The van der Waals surface area contributed by atoms with Crippen LogP contribution in [0.25, 0.3) is 20.5 Å². The first-order chi connectivity index (χ1) is 30.8. The third-order valence-corrected chi connectivity index (χ3v) is 11.6. The number of carboxylic acids is 6. The van der Waals surface area contributed by atoms with Crippen molar-refractivity contribution in [1.29, 1.82) is 0 Å². The highest BCUT2D eigenvalue weighted by molar-refractivity contribution is 7.22. The molecule has 0 atom stereocenters. The zero-order chi connectivity index (χ0) is 47.7. The molecule has 2 fully saturated rings. The monoisotopic (exact) mass is 924 g/mol. The number of hydrogen-bond donors (Lipinski definition) is 8. The van der Waals surface area contributed by atoms with E-state index in [1.807, 2.05) is 54.6 Å². The molecule has 0 aliphatic carbocycles. The van der Waals surface area contributed by atoms with Crippen LogP contribution in [0.2, 0.25) is 0 Å². The Morgan fingerprint density at radius 2 is 0.923 bits per heavy atom. The molecule has 4 aromatic rings. The number of carbonyl (C=O) groups is 7. The molecule has 0 radical (unpaired) electrons. The molecule has 0 bridgehead atoms. The van der Waals surface area contributed by atoms with E-state index in [-0.39, 0.29) is 5.78 Å². The number of ketones is 1. The zero-order valence-corrected chi connectivity index (χ0v) is 36.1. The fraction of sp³-hybridized carbons (Fsp3) is 0.400. The van der Waals surface area contributed by atoms with Crippen molar-refractivity contribution < 1.29 is 83.9 Å². The Hall–Kier alpha value is -6.45. The number of thiophene rings is 1. The molecule has 65 heavy (non-hydrogen) atoms. The van der Waals surface area contributed by atoms with Crippen LogP contribution in [-0.4, -0.2) is 156 Å².